The standard InChI is InChI=1S/C23H24Cl2FN5O2.C2HF3O2/c1-12(22(32)30-10-15-5-16-18(25)11-29-21(16)28-9-15)31-23(33)20-7-14(8-27-20)4-13-2-3-19(26)17(24)6-13;3-2(4,5)1(6)7/h2-3,5-6,9,11-12,14,20,27H,4,7-8,10H2,1H3,(H,28,29)(H,30,32)(H,31,33);(H,6,7)/t12?,14-,20?;/m0./s1. The van der Waals surface area contributed by atoms with Crippen molar-refractivity contribution in [1.29, 1.82) is 0 Å². The van der Waals surface area contributed by atoms with Gasteiger partial charge in [0.25, 0.3) is 0 Å². The zero-order valence-corrected chi connectivity index (χ0v) is 22.4. The van der Waals surface area contributed by atoms with Crippen molar-refractivity contribution in [3.8, 4) is 0 Å². The van der Waals surface area contributed by atoms with Crippen LogP contribution in [0.1, 0.15) is 24.5 Å². The van der Waals surface area contributed by atoms with Gasteiger partial charge in [0.1, 0.15) is 17.5 Å². The van der Waals surface area contributed by atoms with Crippen LogP contribution in [0.25, 0.3) is 11.0 Å². The molecule has 1 saturated heterocycles. The normalized spacial score (nSPS) is 17.6. The summed E-state index contributed by atoms with van der Waals surface area (Å²) < 4.78 is 45.1. The summed E-state index contributed by atoms with van der Waals surface area (Å²) in [6, 6.07) is 5.46. The minimum atomic E-state index is -5.08. The van der Waals surface area contributed by atoms with E-state index in [9.17, 15) is 27.2 Å². The molecule has 0 saturated carbocycles. The molecular formula is C25H25Cl2F4N5O4. The lowest BCUT2D eigenvalue weighted by Crippen LogP contribution is -2.49. The van der Waals surface area contributed by atoms with Gasteiger partial charge < -0.3 is 26.0 Å². The second-order valence-electron chi connectivity index (χ2n) is 9.14. The number of nitrogens with one attached hydrogen (secondary N) is 4. The molecular weight excluding hydrogens is 581 g/mol. The average Bonchev–Trinajstić information content (AvgIpc) is 3.51. The first-order valence-corrected chi connectivity index (χ1v) is 12.7. The van der Waals surface area contributed by atoms with Gasteiger partial charge in [-0.15, -0.1) is 0 Å². The number of hydrogen-bond acceptors (Lipinski definition) is 5. The Labute approximate surface area is 235 Å². The van der Waals surface area contributed by atoms with Gasteiger partial charge in [-0.3, -0.25) is 9.59 Å². The van der Waals surface area contributed by atoms with E-state index in [0.29, 0.717) is 30.1 Å². The SMILES string of the molecule is CC(NC(=O)C1C[C@H](Cc2ccc(F)c(Cl)c2)CN1)C(=O)NCc1cnc2[nH]cc(Cl)c2c1.O=C(O)C(F)(F)F. The molecule has 0 spiro atoms. The van der Waals surface area contributed by atoms with E-state index in [4.69, 9.17) is 33.1 Å². The van der Waals surface area contributed by atoms with Gasteiger partial charge in [0.15, 0.2) is 0 Å². The summed E-state index contributed by atoms with van der Waals surface area (Å²) in [4.78, 5) is 41.2. The number of H-pyrrole nitrogens is 1. The number of carbonyl (C=O) groups is 3. The number of halogens is 6. The van der Waals surface area contributed by atoms with Crippen molar-refractivity contribution in [2.75, 3.05) is 6.54 Å². The molecule has 15 heteroatoms. The number of alkyl halides is 3. The molecule has 9 nitrogen and oxygen atoms in total. The quantitative estimate of drug-likeness (QED) is 0.258. The molecule has 1 aliphatic rings. The zero-order chi connectivity index (χ0) is 29.6. The number of carboxylic acids is 1. The minimum Gasteiger partial charge on any atom is -0.475 e. The molecule has 216 valence electrons. The lowest BCUT2D eigenvalue weighted by molar-refractivity contribution is -0.192. The van der Waals surface area contributed by atoms with Crippen molar-refractivity contribution in [3.05, 3.63) is 63.6 Å². The second kappa shape index (κ2) is 13.3. The largest absolute Gasteiger partial charge is 0.490 e. The zero-order valence-electron chi connectivity index (χ0n) is 20.9. The van der Waals surface area contributed by atoms with E-state index in [1.165, 1.54) is 6.07 Å². The van der Waals surface area contributed by atoms with E-state index >= 15 is 0 Å². The van der Waals surface area contributed by atoms with Crippen LogP contribution in [-0.2, 0) is 27.3 Å². The monoisotopic (exact) mass is 605 g/mol. The van der Waals surface area contributed by atoms with Gasteiger partial charge in [0.2, 0.25) is 11.8 Å². The highest BCUT2D eigenvalue weighted by molar-refractivity contribution is 6.35. The Hall–Kier alpha value is -3.42. The smallest absolute Gasteiger partial charge is 0.475 e. The van der Waals surface area contributed by atoms with Crippen molar-refractivity contribution in [2.45, 2.75) is 44.6 Å². The van der Waals surface area contributed by atoms with Crippen molar-refractivity contribution in [1.82, 2.24) is 25.9 Å². The summed E-state index contributed by atoms with van der Waals surface area (Å²) in [5.41, 5.74) is 2.41. The Kier molecular flexibility index (Phi) is 10.3. The molecule has 0 bridgehead atoms. The van der Waals surface area contributed by atoms with Crippen LogP contribution in [0.15, 0.2) is 36.7 Å². The number of hydrogen-bond donors (Lipinski definition) is 5. The van der Waals surface area contributed by atoms with Crippen molar-refractivity contribution in [2.24, 2.45) is 5.92 Å². The molecule has 4 rings (SSSR count). The van der Waals surface area contributed by atoms with Gasteiger partial charge in [-0.25, -0.2) is 14.2 Å². The van der Waals surface area contributed by atoms with E-state index < -0.39 is 24.0 Å². The lowest BCUT2D eigenvalue weighted by Gasteiger charge is -2.17. The summed E-state index contributed by atoms with van der Waals surface area (Å²) in [7, 11) is 0. The van der Waals surface area contributed by atoms with Gasteiger partial charge in [-0.05, 0) is 61.6 Å². The van der Waals surface area contributed by atoms with Crippen molar-refractivity contribution >= 4 is 52.0 Å². The maximum absolute atomic E-state index is 13.3. The van der Waals surface area contributed by atoms with Gasteiger partial charge in [-0.2, -0.15) is 13.2 Å². The van der Waals surface area contributed by atoms with Crippen LogP contribution in [0.5, 0.6) is 0 Å². The number of pyridine rings is 1. The van der Waals surface area contributed by atoms with E-state index in [1.54, 1.807) is 31.5 Å². The number of rotatable bonds is 7. The molecule has 2 amide bonds. The first-order valence-electron chi connectivity index (χ1n) is 11.9. The number of aromatic amines is 1. The van der Waals surface area contributed by atoms with Gasteiger partial charge >= 0.3 is 12.1 Å². The number of benzene rings is 1. The third-order valence-electron chi connectivity index (χ3n) is 6.05. The van der Waals surface area contributed by atoms with E-state index in [0.717, 1.165) is 16.5 Å². The van der Waals surface area contributed by atoms with Crippen molar-refractivity contribution in [3.63, 3.8) is 0 Å². The fraction of sp³-hybridized carbons (Fsp3) is 0.360. The first kappa shape index (κ1) is 31.1. The first-order chi connectivity index (χ1) is 18.7. The molecule has 1 fully saturated rings. The number of amides is 2. The van der Waals surface area contributed by atoms with Crippen LogP contribution >= 0.6 is 23.2 Å². The minimum absolute atomic E-state index is 0.0967. The number of nitrogens with zero attached hydrogens (tertiary/aromatic N) is 1. The molecule has 2 aromatic heterocycles. The topological polar surface area (TPSA) is 136 Å². The Balaban J connectivity index is 0.000000559. The summed E-state index contributed by atoms with van der Waals surface area (Å²) in [6.45, 7) is 2.57. The second-order valence-corrected chi connectivity index (χ2v) is 9.96. The van der Waals surface area contributed by atoms with Crippen LogP contribution in [-0.4, -0.2) is 57.7 Å². The molecule has 3 atom stereocenters. The van der Waals surface area contributed by atoms with E-state index in [-0.39, 0.29) is 35.3 Å². The van der Waals surface area contributed by atoms with Gasteiger partial charge in [-0.1, -0.05) is 29.3 Å². The van der Waals surface area contributed by atoms with E-state index in [2.05, 4.69) is 25.9 Å². The Morgan fingerprint density at radius 1 is 1.18 bits per heavy atom. The average molecular weight is 606 g/mol. The van der Waals surface area contributed by atoms with Gasteiger partial charge in [0, 0.05) is 24.3 Å². The predicted molar refractivity (Wildman–Crippen MR) is 139 cm³/mol. The molecule has 3 aromatic rings. The number of carbonyl (C=O) groups excluding carboxylic acids is 2. The number of aliphatic carboxylic acids is 1. The van der Waals surface area contributed by atoms with Crippen LogP contribution < -0.4 is 16.0 Å². The van der Waals surface area contributed by atoms with Crippen LogP contribution in [0.4, 0.5) is 17.6 Å². The summed E-state index contributed by atoms with van der Waals surface area (Å²) in [5, 5.41) is 17.4. The number of carboxylic acid groups (broad SMARTS) is 1. The van der Waals surface area contributed by atoms with Gasteiger partial charge in [0.05, 0.1) is 16.1 Å². The Bertz CT molecular complexity index is 1380. The highest BCUT2D eigenvalue weighted by Crippen LogP contribution is 2.24. The van der Waals surface area contributed by atoms with Crippen LogP contribution in [0.2, 0.25) is 10.0 Å². The highest BCUT2D eigenvalue weighted by Gasteiger charge is 2.38. The molecule has 40 heavy (non-hydrogen) atoms. The fourth-order valence-corrected chi connectivity index (χ4v) is 4.40. The molecule has 3 heterocycles. The maximum Gasteiger partial charge on any atom is 0.490 e. The van der Waals surface area contributed by atoms with Crippen LogP contribution in [0.3, 0.4) is 0 Å². The fourth-order valence-electron chi connectivity index (χ4n) is 4.00. The number of aromatic nitrogens is 2. The number of fused-ring (bicyclic) bond motifs is 1. The van der Waals surface area contributed by atoms with Crippen LogP contribution in [0, 0.1) is 11.7 Å². The highest BCUT2D eigenvalue weighted by atomic mass is 35.5. The predicted octanol–water partition coefficient (Wildman–Crippen LogP) is 3.98. The maximum atomic E-state index is 13.3. The Morgan fingerprint density at radius 2 is 1.88 bits per heavy atom. The molecule has 0 radical (unpaired) electrons. The summed E-state index contributed by atoms with van der Waals surface area (Å²) in [5.74, 6) is -3.50. The molecule has 5 N–H and O–H groups in total. The summed E-state index contributed by atoms with van der Waals surface area (Å²) >= 11 is 12.0. The van der Waals surface area contributed by atoms with E-state index in [1.807, 2.05) is 6.07 Å². The Morgan fingerprint density at radius 3 is 2.52 bits per heavy atom. The van der Waals surface area contributed by atoms with Crippen molar-refractivity contribution < 1.29 is 37.1 Å². The summed E-state index contributed by atoms with van der Waals surface area (Å²) in [6.07, 6.45) is -0.445. The molecule has 2 unspecified atom stereocenters. The molecule has 1 aliphatic heterocycles. The lowest BCUT2D eigenvalue weighted by atomic mass is 9.96. The third-order valence-corrected chi connectivity index (χ3v) is 6.65. The molecule has 0 aliphatic carbocycles. The third kappa shape index (κ3) is 8.54. The molecule has 1 aromatic carbocycles.